The summed E-state index contributed by atoms with van der Waals surface area (Å²) in [4.78, 5) is 66.2. The van der Waals surface area contributed by atoms with E-state index in [1.807, 2.05) is 0 Å². The van der Waals surface area contributed by atoms with Gasteiger partial charge in [-0.3, -0.25) is 29.3 Å². The number of benzene rings is 1. The maximum absolute atomic E-state index is 13.1. The first-order valence-electron chi connectivity index (χ1n) is 11.2. The van der Waals surface area contributed by atoms with Crippen LogP contribution < -0.4 is 16.0 Å². The fraction of sp³-hybridized carbons (Fsp3) is 0.360. The third-order valence-electron chi connectivity index (χ3n) is 5.93. The first-order chi connectivity index (χ1) is 16.6. The number of pyridine rings is 1. The monoisotopic (exact) mass is 482 g/mol. The van der Waals surface area contributed by atoms with Gasteiger partial charge in [0.05, 0.1) is 30.0 Å². The van der Waals surface area contributed by atoms with Crippen LogP contribution in [0, 0.1) is 23.7 Å². The Hall–Kier alpha value is -3.95. The van der Waals surface area contributed by atoms with Gasteiger partial charge in [-0.25, -0.2) is 4.98 Å². The molecule has 2 heterocycles. The molecule has 184 valence electrons. The Morgan fingerprint density at radius 2 is 1.71 bits per heavy atom. The second-order valence-corrected chi connectivity index (χ2v) is 8.82. The number of carbonyl (C=O) groups excluding carboxylic acids is 5. The van der Waals surface area contributed by atoms with E-state index in [4.69, 9.17) is 0 Å². The molecule has 1 aliphatic rings. The minimum absolute atomic E-state index is 0.119. The summed E-state index contributed by atoms with van der Waals surface area (Å²) in [7, 11) is 0. The molecule has 1 saturated heterocycles. The van der Waals surface area contributed by atoms with Crippen LogP contribution in [0.25, 0.3) is 0 Å². The van der Waals surface area contributed by atoms with Crippen LogP contribution in [-0.4, -0.2) is 40.4 Å². The molecule has 10 heteroatoms. The fourth-order valence-electron chi connectivity index (χ4n) is 3.93. The largest absolute Gasteiger partial charge is 0.346 e. The summed E-state index contributed by atoms with van der Waals surface area (Å²) in [6, 6.07) is 9.35. The number of nitrogens with one attached hydrogen (secondary N) is 3. The van der Waals surface area contributed by atoms with Crippen LogP contribution in [0.15, 0.2) is 48.7 Å². The maximum Gasteiger partial charge on any atom is 0.253 e. The van der Waals surface area contributed by atoms with E-state index in [0.717, 1.165) is 12.3 Å². The molecular weight excluding hydrogens is 455 g/mol. The lowest BCUT2D eigenvalue weighted by atomic mass is 9.85. The standard InChI is InChI=1S/C25H27FN4O5/c1-13(2)21(22(32)20-14(3)23(33)30-25(20)35)29-19(31)11-17(15-7-5-4-6-8-15)28-24(34)16-9-10-18(26)27-12-16/h4-10,12-14,17,20-21H,11H2,1-3H3,(H,28,34)(H,29,31)(H,30,33,35)/t14-,17+,20-,21-/m1/s1. The number of halogens is 1. The smallest absolute Gasteiger partial charge is 0.253 e. The zero-order valence-corrected chi connectivity index (χ0v) is 19.6. The van der Waals surface area contributed by atoms with Crippen molar-refractivity contribution in [3.63, 3.8) is 0 Å². The third kappa shape index (κ3) is 6.14. The van der Waals surface area contributed by atoms with Gasteiger partial charge in [0.1, 0.15) is 5.92 Å². The van der Waals surface area contributed by atoms with Crippen LogP contribution in [0.2, 0.25) is 0 Å². The Morgan fingerprint density at radius 1 is 1.03 bits per heavy atom. The number of nitrogens with zero attached hydrogens (tertiary/aromatic N) is 1. The topological polar surface area (TPSA) is 134 Å². The van der Waals surface area contributed by atoms with Crippen LogP contribution in [0.4, 0.5) is 4.39 Å². The highest BCUT2D eigenvalue weighted by Gasteiger charge is 2.46. The molecule has 0 spiro atoms. The van der Waals surface area contributed by atoms with Gasteiger partial charge in [-0.2, -0.15) is 4.39 Å². The van der Waals surface area contributed by atoms with E-state index in [1.165, 1.54) is 13.0 Å². The summed E-state index contributed by atoms with van der Waals surface area (Å²) in [6.45, 7) is 4.94. The van der Waals surface area contributed by atoms with Crippen molar-refractivity contribution in [1.29, 1.82) is 0 Å². The predicted octanol–water partition coefficient (Wildman–Crippen LogP) is 1.70. The quantitative estimate of drug-likeness (QED) is 0.283. The molecule has 35 heavy (non-hydrogen) atoms. The van der Waals surface area contributed by atoms with Crippen LogP contribution in [0.1, 0.15) is 49.2 Å². The van der Waals surface area contributed by atoms with Gasteiger partial charge in [-0.05, 0) is 23.6 Å². The summed E-state index contributed by atoms with van der Waals surface area (Å²) in [6.07, 6.45) is 0.890. The zero-order chi connectivity index (χ0) is 25.7. The lowest BCUT2D eigenvalue weighted by Gasteiger charge is -2.26. The predicted molar refractivity (Wildman–Crippen MR) is 123 cm³/mol. The molecule has 0 bridgehead atoms. The molecule has 0 aliphatic carbocycles. The average Bonchev–Trinajstić information content (AvgIpc) is 3.08. The van der Waals surface area contributed by atoms with Crippen molar-refractivity contribution < 1.29 is 28.4 Å². The number of aromatic nitrogens is 1. The zero-order valence-electron chi connectivity index (χ0n) is 19.6. The van der Waals surface area contributed by atoms with E-state index in [1.54, 1.807) is 44.2 Å². The Bertz CT molecular complexity index is 1120. The average molecular weight is 483 g/mol. The number of hydrogen-bond donors (Lipinski definition) is 3. The van der Waals surface area contributed by atoms with Gasteiger partial charge in [0.15, 0.2) is 5.78 Å². The van der Waals surface area contributed by atoms with E-state index >= 15 is 0 Å². The summed E-state index contributed by atoms with van der Waals surface area (Å²) in [5.74, 6) is -5.89. The second-order valence-electron chi connectivity index (χ2n) is 8.82. The summed E-state index contributed by atoms with van der Waals surface area (Å²) < 4.78 is 13.1. The number of ketones is 1. The summed E-state index contributed by atoms with van der Waals surface area (Å²) in [5.41, 5.74) is 0.766. The Morgan fingerprint density at radius 3 is 2.26 bits per heavy atom. The lowest BCUT2D eigenvalue weighted by molar-refractivity contribution is -0.137. The highest BCUT2D eigenvalue weighted by molar-refractivity contribution is 6.16. The number of Topliss-reactive ketones (excluding diaryl/α,β-unsaturated/α-hetero) is 1. The molecular formula is C25H27FN4O5. The first-order valence-corrected chi connectivity index (χ1v) is 11.2. The van der Waals surface area contributed by atoms with Crippen molar-refractivity contribution in [2.45, 2.75) is 39.3 Å². The van der Waals surface area contributed by atoms with Gasteiger partial charge in [-0.1, -0.05) is 51.1 Å². The number of imide groups is 1. The van der Waals surface area contributed by atoms with Gasteiger partial charge in [0, 0.05) is 6.20 Å². The van der Waals surface area contributed by atoms with E-state index in [9.17, 15) is 28.4 Å². The second kappa shape index (κ2) is 11.0. The molecule has 4 amide bonds. The summed E-state index contributed by atoms with van der Waals surface area (Å²) in [5, 5.41) is 7.58. The van der Waals surface area contributed by atoms with Gasteiger partial charge in [0.25, 0.3) is 5.91 Å². The van der Waals surface area contributed by atoms with Gasteiger partial charge >= 0.3 is 0 Å². The Kier molecular flexibility index (Phi) is 8.06. The molecule has 4 atom stereocenters. The van der Waals surface area contributed by atoms with Crippen LogP contribution in [-0.2, 0) is 19.2 Å². The lowest BCUT2D eigenvalue weighted by Crippen LogP contribution is -2.49. The molecule has 1 aromatic carbocycles. The molecule has 3 rings (SSSR count). The van der Waals surface area contributed by atoms with Crippen molar-refractivity contribution in [2.75, 3.05) is 0 Å². The van der Waals surface area contributed by atoms with E-state index < -0.39 is 59.3 Å². The van der Waals surface area contributed by atoms with Gasteiger partial charge < -0.3 is 10.6 Å². The van der Waals surface area contributed by atoms with E-state index in [-0.39, 0.29) is 17.9 Å². The molecule has 9 nitrogen and oxygen atoms in total. The number of hydrogen-bond acceptors (Lipinski definition) is 6. The minimum atomic E-state index is -1.18. The highest BCUT2D eigenvalue weighted by Crippen LogP contribution is 2.24. The molecule has 1 aromatic heterocycles. The molecule has 0 saturated carbocycles. The van der Waals surface area contributed by atoms with E-state index in [2.05, 4.69) is 20.9 Å². The molecule has 0 radical (unpaired) electrons. The number of amides is 4. The maximum atomic E-state index is 13.1. The minimum Gasteiger partial charge on any atom is -0.346 e. The first kappa shape index (κ1) is 25.7. The Balaban J connectivity index is 1.76. The normalized spacial score (nSPS) is 19.1. The summed E-state index contributed by atoms with van der Waals surface area (Å²) >= 11 is 0. The molecule has 1 fully saturated rings. The highest BCUT2D eigenvalue weighted by atomic mass is 19.1. The molecule has 0 unspecified atom stereocenters. The third-order valence-corrected chi connectivity index (χ3v) is 5.93. The molecule has 3 N–H and O–H groups in total. The van der Waals surface area contributed by atoms with Crippen LogP contribution in [0.5, 0.6) is 0 Å². The van der Waals surface area contributed by atoms with Crippen molar-refractivity contribution >= 4 is 29.4 Å². The van der Waals surface area contributed by atoms with Gasteiger partial charge in [-0.15, -0.1) is 0 Å². The fourth-order valence-corrected chi connectivity index (χ4v) is 3.93. The van der Waals surface area contributed by atoms with Crippen molar-refractivity contribution in [2.24, 2.45) is 17.8 Å². The number of rotatable bonds is 9. The van der Waals surface area contributed by atoms with Crippen LogP contribution >= 0.6 is 0 Å². The van der Waals surface area contributed by atoms with Gasteiger partial charge in [0.2, 0.25) is 23.7 Å². The SMILES string of the molecule is CC(C)[C@@H](NC(=O)C[C@H](NC(=O)c1ccc(F)nc1)c1ccccc1)C(=O)[C@@H]1C(=O)NC(=O)[C@@H]1C. The van der Waals surface area contributed by atoms with Crippen LogP contribution in [0.3, 0.4) is 0 Å². The van der Waals surface area contributed by atoms with Crippen molar-refractivity contribution in [3.05, 3.63) is 65.7 Å². The molecule has 2 aromatic rings. The van der Waals surface area contributed by atoms with Crippen molar-refractivity contribution in [3.8, 4) is 0 Å². The Labute approximate surface area is 201 Å². The van der Waals surface area contributed by atoms with Crippen molar-refractivity contribution in [1.82, 2.24) is 20.9 Å². The molecule has 1 aliphatic heterocycles. The number of carbonyl (C=O) groups is 5. The van der Waals surface area contributed by atoms with E-state index in [0.29, 0.717) is 5.56 Å².